The highest BCUT2D eigenvalue weighted by molar-refractivity contribution is 5.85. The standard InChI is InChI=1S/C22H34N2O/c1-4-7-8-9-10-11-14-20(24(5-2)6-3)19-16-15-18-13-12-17-23-21(18)22(19)25/h12-13,15-17,20,25H,4-11,14H2,1-3H3/t20-/m0/s1. The number of fused-ring (bicyclic) bond motifs is 1. The third kappa shape index (κ3) is 5.18. The van der Waals surface area contributed by atoms with E-state index in [1.807, 2.05) is 12.1 Å². The number of hydrogen-bond acceptors (Lipinski definition) is 3. The van der Waals surface area contributed by atoms with Gasteiger partial charge in [-0.2, -0.15) is 0 Å². The van der Waals surface area contributed by atoms with E-state index in [0.717, 1.165) is 36.0 Å². The van der Waals surface area contributed by atoms with Crippen LogP contribution in [0.1, 0.15) is 77.3 Å². The fourth-order valence-electron chi connectivity index (χ4n) is 3.73. The zero-order valence-corrected chi connectivity index (χ0v) is 16.2. The monoisotopic (exact) mass is 342 g/mol. The number of rotatable bonds is 11. The average Bonchev–Trinajstić information content (AvgIpc) is 2.65. The van der Waals surface area contributed by atoms with Crippen LogP contribution in [-0.4, -0.2) is 28.1 Å². The molecule has 138 valence electrons. The summed E-state index contributed by atoms with van der Waals surface area (Å²) in [5.41, 5.74) is 1.75. The summed E-state index contributed by atoms with van der Waals surface area (Å²) in [4.78, 5) is 6.85. The first-order valence-electron chi connectivity index (χ1n) is 10.0. The molecule has 3 nitrogen and oxygen atoms in total. The summed E-state index contributed by atoms with van der Waals surface area (Å²) < 4.78 is 0. The lowest BCUT2D eigenvalue weighted by Gasteiger charge is -2.31. The van der Waals surface area contributed by atoms with Crippen LogP contribution in [-0.2, 0) is 0 Å². The Morgan fingerprint density at radius 3 is 2.40 bits per heavy atom. The van der Waals surface area contributed by atoms with E-state index in [0.29, 0.717) is 5.75 Å². The highest BCUT2D eigenvalue weighted by Crippen LogP contribution is 2.36. The summed E-state index contributed by atoms with van der Waals surface area (Å²) in [7, 11) is 0. The van der Waals surface area contributed by atoms with E-state index in [1.165, 1.54) is 38.5 Å². The molecule has 1 atom stereocenters. The molecule has 0 aliphatic rings. The van der Waals surface area contributed by atoms with Gasteiger partial charge in [-0.1, -0.05) is 77.5 Å². The highest BCUT2D eigenvalue weighted by Gasteiger charge is 2.22. The molecule has 0 saturated carbocycles. The molecule has 25 heavy (non-hydrogen) atoms. The second kappa shape index (κ2) is 10.4. The zero-order chi connectivity index (χ0) is 18.1. The molecule has 1 aromatic carbocycles. The van der Waals surface area contributed by atoms with Gasteiger partial charge < -0.3 is 5.11 Å². The third-order valence-electron chi connectivity index (χ3n) is 5.22. The van der Waals surface area contributed by atoms with Crippen molar-refractivity contribution in [2.24, 2.45) is 0 Å². The Morgan fingerprint density at radius 2 is 1.68 bits per heavy atom. The molecule has 0 fully saturated rings. The first kappa shape index (κ1) is 19.7. The zero-order valence-electron chi connectivity index (χ0n) is 16.2. The van der Waals surface area contributed by atoms with Crippen LogP contribution >= 0.6 is 0 Å². The Bertz CT molecular complexity index is 637. The molecule has 2 aromatic rings. The highest BCUT2D eigenvalue weighted by atomic mass is 16.3. The molecule has 0 aliphatic heterocycles. The maximum absolute atomic E-state index is 10.8. The second-order valence-electron chi connectivity index (χ2n) is 6.87. The average molecular weight is 343 g/mol. The summed E-state index contributed by atoms with van der Waals surface area (Å²) in [6.45, 7) is 8.66. The van der Waals surface area contributed by atoms with Gasteiger partial charge in [-0.15, -0.1) is 0 Å². The van der Waals surface area contributed by atoms with Gasteiger partial charge >= 0.3 is 0 Å². The van der Waals surface area contributed by atoms with Gasteiger partial charge in [0.15, 0.2) is 0 Å². The van der Waals surface area contributed by atoms with Crippen molar-refractivity contribution in [3.63, 3.8) is 0 Å². The summed E-state index contributed by atoms with van der Waals surface area (Å²) in [6, 6.07) is 8.38. The lowest BCUT2D eigenvalue weighted by Crippen LogP contribution is -2.28. The predicted octanol–water partition coefficient (Wildman–Crippen LogP) is 6.07. The molecule has 0 bridgehead atoms. The van der Waals surface area contributed by atoms with Crippen molar-refractivity contribution in [3.8, 4) is 5.75 Å². The van der Waals surface area contributed by atoms with Gasteiger partial charge in [-0.25, -0.2) is 0 Å². The van der Waals surface area contributed by atoms with Crippen molar-refractivity contribution < 1.29 is 5.11 Å². The molecule has 0 radical (unpaired) electrons. The minimum Gasteiger partial charge on any atom is -0.505 e. The predicted molar refractivity (Wildman–Crippen MR) is 107 cm³/mol. The van der Waals surface area contributed by atoms with Crippen molar-refractivity contribution in [2.75, 3.05) is 13.1 Å². The van der Waals surface area contributed by atoms with Crippen LogP contribution in [0.25, 0.3) is 10.9 Å². The smallest absolute Gasteiger partial charge is 0.146 e. The summed E-state index contributed by atoms with van der Waals surface area (Å²) in [5.74, 6) is 0.362. The minimum absolute atomic E-state index is 0.271. The van der Waals surface area contributed by atoms with Gasteiger partial charge in [0.25, 0.3) is 0 Å². The van der Waals surface area contributed by atoms with Gasteiger partial charge in [-0.3, -0.25) is 9.88 Å². The number of pyridine rings is 1. The van der Waals surface area contributed by atoms with Gasteiger partial charge in [0.2, 0.25) is 0 Å². The SMILES string of the molecule is CCCCCCCC[C@@H](c1ccc2cccnc2c1O)N(CC)CC. The largest absolute Gasteiger partial charge is 0.505 e. The molecule has 1 aromatic heterocycles. The fraction of sp³-hybridized carbons (Fsp3) is 0.591. The van der Waals surface area contributed by atoms with Crippen molar-refractivity contribution in [3.05, 3.63) is 36.0 Å². The number of unbranched alkanes of at least 4 members (excludes halogenated alkanes) is 5. The molecule has 0 spiro atoms. The number of nitrogens with zero attached hydrogens (tertiary/aromatic N) is 2. The number of phenolic OH excluding ortho intramolecular Hbond substituents is 1. The fourth-order valence-corrected chi connectivity index (χ4v) is 3.73. The van der Waals surface area contributed by atoms with Crippen LogP contribution in [0.4, 0.5) is 0 Å². The molecule has 1 N–H and O–H groups in total. The number of aromatic nitrogens is 1. The molecular weight excluding hydrogens is 308 g/mol. The summed E-state index contributed by atoms with van der Waals surface area (Å²) >= 11 is 0. The van der Waals surface area contributed by atoms with E-state index in [2.05, 4.69) is 42.8 Å². The van der Waals surface area contributed by atoms with Crippen LogP contribution in [0.5, 0.6) is 5.75 Å². The molecule has 2 rings (SSSR count). The van der Waals surface area contributed by atoms with Crippen LogP contribution in [0, 0.1) is 0 Å². The lowest BCUT2D eigenvalue weighted by molar-refractivity contribution is 0.200. The Hall–Kier alpha value is -1.61. The van der Waals surface area contributed by atoms with E-state index < -0.39 is 0 Å². The first-order chi connectivity index (χ1) is 12.2. The topological polar surface area (TPSA) is 36.4 Å². The summed E-state index contributed by atoms with van der Waals surface area (Å²) in [6.07, 6.45) is 10.7. The number of benzene rings is 1. The maximum atomic E-state index is 10.8. The molecule has 0 saturated heterocycles. The van der Waals surface area contributed by atoms with Gasteiger partial charge in [0.05, 0.1) is 0 Å². The quantitative estimate of drug-likeness (QED) is 0.503. The Morgan fingerprint density at radius 1 is 0.960 bits per heavy atom. The number of aromatic hydroxyl groups is 1. The van der Waals surface area contributed by atoms with E-state index in [-0.39, 0.29) is 6.04 Å². The van der Waals surface area contributed by atoms with E-state index in [9.17, 15) is 5.11 Å². The molecule has 0 amide bonds. The van der Waals surface area contributed by atoms with E-state index in [4.69, 9.17) is 0 Å². The molecular formula is C22H34N2O. The number of phenols is 1. The molecule has 0 unspecified atom stereocenters. The molecule has 3 heteroatoms. The Kier molecular flexibility index (Phi) is 8.20. The van der Waals surface area contributed by atoms with Gasteiger partial charge in [0, 0.05) is 23.2 Å². The van der Waals surface area contributed by atoms with Gasteiger partial charge in [0.1, 0.15) is 11.3 Å². The van der Waals surface area contributed by atoms with Crippen LogP contribution in [0.3, 0.4) is 0 Å². The number of hydrogen-bond donors (Lipinski definition) is 1. The Balaban J connectivity index is 2.16. The van der Waals surface area contributed by atoms with Crippen molar-refractivity contribution >= 4 is 10.9 Å². The Labute approximate surface area is 153 Å². The van der Waals surface area contributed by atoms with Crippen molar-refractivity contribution in [2.45, 2.75) is 71.8 Å². The molecule has 0 aliphatic carbocycles. The van der Waals surface area contributed by atoms with Crippen LogP contribution < -0.4 is 0 Å². The van der Waals surface area contributed by atoms with Crippen molar-refractivity contribution in [1.29, 1.82) is 0 Å². The second-order valence-corrected chi connectivity index (χ2v) is 6.87. The molecule has 1 heterocycles. The first-order valence-corrected chi connectivity index (χ1v) is 10.0. The van der Waals surface area contributed by atoms with Crippen LogP contribution in [0.2, 0.25) is 0 Å². The maximum Gasteiger partial charge on any atom is 0.146 e. The normalized spacial score (nSPS) is 12.8. The van der Waals surface area contributed by atoms with Gasteiger partial charge in [-0.05, 0) is 25.6 Å². The van der Waals surface area contributed by atoms with E-state index >= 15 is 0 Å². The lowest BCUT2D eigenvalue weighted by atomic mass is 9.96. The van der Waals surface area contributed by atoms with E-state index in [1.54, 1.807) is 6.20 Å². The minimum atomic E-state index is 0.271. The summed E-state index contributed by atoms with van der Waals surface area (Å²) in [5, 5.41) is 11.8. The van der Waals surface area contributed by atoms with Crippen LogP contribution in [0.15, 0.2) is 30.5 Å². The third-order valence-corrected chi connectivity index (χ3v) is 5.22. The van der Waals surface area contributed by atoms with Crippen molar-refractivity contribution in [1.82, 2.24) is 9.88 Å².